The Morgan fingerprint density at radius 3 is 2.67 bits per heavy atom. The summed E-state index contributed by atoms with van der Waals surface area (Å²) in [5.74, 6) is -1.75. The number of anilines is 1. The number of hydrogen-bond donors (Lipinski definition) is 1. The molecule has 3 nitrogen and oxygen atoms in total. The molecule has 1 unspecified atom stereocenters. The molecule has 1 fully saturated rings. The highest BCUT2D eigenvalue weighted by atomic mass is 19.2. The quantitative estimate of drug-likeness (QED) is 0.924. The van der Waals surface area contributed by atoms with Crippen LogP contribution < -0.4 is 5.32 Å². The average molecular weight is 330 g/mol. The molecular formula is C19H20F2N2O. The van der Waals surface area contributed by atoms with Crippen molar-refractivity contribution in [3.05, 3.63) is 65.7 Å². The van der Waals surface area contributed by atoms with Gasteiger partial charge in [0.2, 0.25) is 5.91 Å². The summed E-state index contributed by atoms with van der Waals surface area (Å²) < 4.78 is 26.3. The smallest absolute Gasteiger partial charge is 0.228 e. The summed E-state index contributed by atoms with van der Waals surface area (Å²) >= 11 is 0. The topological polar surface area (TPSA) is 32.3 Å². The molecule has 0 bridgehead atoms. The Balaban J connectivity index is 1.59. The fourth-order valence-corrected chi connectivity index (χ4v) is 3.08. The number of para-hydroxylation sites is 1. The zero-order valence-electron chi connectivity index (χ0n) is 13.3. The fourth-order valence-electron chi connectivity index (χ4n) is 3.08. The number of rotatable bonds is 4. The molecule has 0 aliphatic carbocycles. The lowest BCUT2D eigenvalue weighted by Gasteiger charge is -2.32. The minimum Gasteiger partial charge on any atom is -0.326 e. The lowest BCUT2D eigenvalue weighted by Crippen LogP contribution is -2.40. The number of benzene rings is 2. The number of amides is 1. The number of hydrogen-bond acceptors (Lipinski definition) is 2. The summed E-state index contributed by atoms with van der Waals surface area (Å²) in [4.78, 5) is 14.5. The second-order valence-corrected chi connectivity index (χ2v) is 6.18. The molecule has 0 saturated carbocycles. The first kappa shape index (κ1) is 16.6. The lowest BCUT2D eigenvalue weighted by atomic mass is 9.96. The van der Waals surface area contributed by atoms with Gasteiger partial charge in [-0.1, -0.05) is 24.3 Å². The molecule has 5 heteroatoms. The van der Waals surface area contributed by atoms with Crippen LogP contribution in [0, 0.1) is 17.6 Å². The van der Waals surface area contributed by atoms with Gasteiger partial charge >= 0.3 is 0 Å². The van der Waals surface area contributed by atoms with E-state index in [1.165, 1.54) is 6.07 Å². The Hall–Kier alpha value is -2.27. The molecular weight excluding hydrogens is 310 g/mol. The van der Waals surface area contributed by atoms with Crippen molar-refractivity contribution in [2.24, 2.45) is 5.92 Å². The standard InChI is InChI=1S/C19H20F2N2O/c20-17-9-8-14(11-18(17)21)12-23-10-4-5-15(13-23)19(24)22-16-6-2-1-3-7-16/h1-3,6-9,11,15H,4-5,10,12-13H2,(H,22,24). The normalized spacial score (nSPS) is 18.3. The molecule has 0 spiro atoms. The molecule has 0 radical (unpaired) electrons. The molecule has 2 aromatic rings. The number of nitrogens with zero attached hydrogens (tertiary/aromatic N) is 1. The highest BCUT2D eigenvalue weighted by Crippen LogP contribution is 2.21. The third-order valence-corrected chi connectivity index (χ3v) is 4.31. The van der Waals surface area contributed by atoms with E-state index in [1.807, 2.05) is 30.3 Å². The maximum Gasteiger partial charge on any atom is 0.228 e. The minimum absolute atomic E-state index is 0.0104. The van der Waals surface area contributed by atoms with Crippen LogP contribution in [0.25, 0.3) is 0 Å². The van der Waals surface area contributed by atoms with Gasteiger partial charge in [0, 0.05) is 18.8 Å². The van der Waals surface area contributed by atoms with Gasteiger partial charge in [-0.2, -0.15) is 0 Å². The molecule has 1 amide bonds. The largest absolute Gasteiger partial charge is 0.326 e. The van der Waals surface area contributed by atoms with Crippen molar-refractivity contribution in [3.63, 3.8) is 0 Å². The van der Waals surface area contributed by atoms with E-state index in [0.29, 0.717) is 13.1 Å². The second kappa shape index (κ2) is 7.53. The molecule has 3 rings (SSSR count). The van der Waals surface area contributed by atoms with Gasteiger partial charge in [-0.15, -0.1) is 0 Å². The van der Waals surface area contributed by atoms with Crippen molar-refractivity contribution in [2.45, 2.75) is 19.4 Å². The number of piperidine rings is 1. The van der Waals surface area contributed by atoms with E-state index in [2.05, 4.69) is 10.2 Å². The van der Waals surface area contributed by atoms with E-state index < -0.39 is 11.6 Å². The average Bonchev–Trinajstić information content (AvgIpc) is 2.59. The molecule has 1 N–H and O–H groups in total. The van der Waals surface area contributed by atoms with E-state index in [-0.39, 0.29) is 11.8 Å². The first-order valence-electron chi connectivity index (χ1n) is 8.14. The van der Waals surface area contributed by atoms with Crippen molar-refractivity contribution in [1.29, 1.82) is 0 Å². The van der Waals surface area contributed by atoms with Crippen molar-refractivity contribution in [3.8, 4) is 0 Å². The molecule has 1 saturated heterocycles. The predicted octanol–water partition coefficient (Wildman–Crippen LogP) is 3.82. The Bertz CT molecular complexity index is 706. The number of carbonyl (C=O) groups is 1. The van der Waals surface area contributed by atoms with Gasteiger partial charge in [-0.25, -0.2) is 8.78 Å². The van der Waals surface area contributed by atoms with Gasteiger partial charge in [0.25, 0.3) is 0 Å². The third-order valence-electron chi connectivity index (χ3n) is 4.31. The van der Waals surface area contributed by atoms with Crippen LogP contribution in [0.5, 0.6) is 0 Å². The molecule has 1 atom stereocenters. The number of halogens is 2. The highest BCUT2D eigenvalue weighted by molar-refractivity contribution is 5.92. The Kier molecular flexibility index (Phi) is 5.20. The zero-order chi connectivity index (χ0) is 16.9. The van der Waals surface area contributed by atoms with E-state index in [4.69, 9.17) is 0 Å². The SMILES string of the molecule is O=C(Nc1ccccc1)C1CCCN(Cc2ccc(F)c(F)c2)C1. The number of likely N-dealkylation sites (tertiary alicyclic amines) is 1. The van der Waals surface area contributed by atoms with Crippen LogP contribution in [0.3, 0.4) is 0 Å². The van der Waals surface area contributed by atoms with Crippen molar-refractivity contribution >= 4 is 11.6 Å². The maximum atomic E-state index is 13.3. The summed E-state index contributed by atoms with van der Waals surface area (Å²) in [5, 5.41) is 2.94. The van der Waals surface area contributed by atoms with Gasteiger partial charge in [0.05, 0.1) is 5.92 Å². The van der Waals surface area contributed by atoms with Gasteiger partial charge in [0.1, 0.15) is 0 Å². The first-order chi connectivity index (χ1) is 11.6. The summed E-state index contributed by atoms with van der Waals surface area (Å²) in [5.41, 5.74) is 1.51. The molecule has 126 valence electrons. The highest BCUT2D eigenvalue weighted by Gasteiger charge is 2.26. The van der Waals surface area contributed by atoms with Crippen LogP contribution in [0.1, 0.15) is 18.4 Å². The first-order valence-corrected chi connectivity index (χ1v) is 8.14. The molecule has 1 heterocycles. The van der Waals surface area contributed by atoms with Crippen LogP contribution in [0.15, 0.2) is 48.5 Å². The van der Waals surface area contributed by atoms with Crippen LogP contribution >= 0.6 is 0 Å². The van der Waals surface area contributed by atoms with Gasteiger partial charge in [-0.3, -0.25) is 9.69 Å². The summed E-state index contributed by atoms with van der Waals surface area (Å²) in [6, 6.07) is 13.3. The number of carbonyl (C=O) groups excluding carboxylic acids is 1. The molecule has 0 aromatic heterocycles. The Morgan fingerprint density at radius 2 is 1.92 bits per heavy atom. The summed E-state index contributed by atoms with van der Waals surface area (Å²) in [7, 11) is 0. The van der Waals surface area contributed by atoms with Crippen LogP contribution in [-0.2, 0) is 11.3 Å². The Labute approximate surface area is 140 Å². The van der Waals surface area contributed by atoms with Crippen molar-refractivity contribution in [1.82, 2.24) is 4.90 Å². The van der Waals surface area contributed by atoms with Crippen molar-refractivity contribution in [2.75, 3.05) is 18.4 Å². The minimum atomic E-state index is -0.836. The zero-order valence-corrected chi connectivity index (χ0v) is 13.3. The fraction of sp³-hybridized carbons (Fsp3) is 0.316. The van der Waals surface area contributed by atoms with E-state index in [9.17, 15) is 13.6 Å². The van der Waals surface area contributed by atoms with Crippen LogP contribution in [-0.4, -0.2) is 23.9 Å². The third kappa shape index (κ3) is 4.17. The lowest BCUT2D eigenvalue weighted by molar-refractivity contribution is -0.121. The summed E-state index contributed by atoms with van der Waals surface area (Å²) in [6.45, 7) is 2.00. The molecule has 24 heavy (non-hydrogen) atoms. The molecule has 1 aliphatic heterocycles. The Morgan fingerprint density at radius 1 is 1.12 bits per heavy atom. The van der Waals surface area contributed by atoms with E-state index in [0.717, 1.165) is 36.7 Å². The van der Waals surface area contributed by atoms with E-state index in [1.54, 1.807) is 6.07 Å². The number of nitrogens with one attached hydrogen (secondary N) is 1. The van der Waals surface area contributed by atoms with Crippen molar-refractivity contribution < 1.29 is 13.6 Å². The second-order valence-electron chi connectivity index (χ2n) is 6.18. The van der Waals surface area contributed by atoms with Crippen LogP contribution in [0.2, 0.25) is 0 Å². The maximum absolute atomic E-state index is 13.3. The molecule has 2 aromatic carbocycles. The van der Waals surface area contributed by atoms with E-state index >= 15 is 0 Å². The van der Waals surface area contributed by atoms with Gasteiger partial charge < -0.3 is 5.32 Å². The van der Waals surface area contributed by atoms with Gasteiger partial charge in [-0.05, 0) is 49.2 Å². The molecule has 1 aliphatic rings. The van der Waals surface area contributed by atoms with Gasteiger partial charge in [0.15, 0.2) is 11.6 Å². The summed E-state index contributed by atoms with van der Waals surface area (Å²) in [6.07, 6.45) is 1.75. The van der Waals surface area contributed by atoms with Crippen LogP contribution in [0.4, 0.5) is 14.5 Å². The monoisotopic (exact) mass is 330 g/mol. The predicted molar refractivity (Wildman–Crippen MR) is 89.4 cm³/mol.